The minimum absolute atomic E-state index is 0.0114. The van der Waals surface area contributed by atoms with Crippen LogP contribution in [0.15, 0.2) is 12.1 Å². The van der Waals surface area contributed by atoms with E-state index in [2.05, 4.69) is 10.6 Å². The van der Waals surface area contributed by atoms with Crippen molar-refractivity contribution in [3.8, 4) is 5.75 Å². The fraction of sp³-hybridized carbons (Fsp3) is 0.731. The Hall–Kier alpha value is -1.93. The van der Waals surface area contributed by atoms with Crippen molar-refractivity contribution in [1.29, 1.82) is 0 Å². The van der Waals surface area contributed by atoms with Gasteiger partial charge in [0.1, 0.15) is 17.4 Å². The first-order chi connectivity index (χ1) is 16.4. The molecule has 1 aromatic carbocycles. The summed E-state index contributed by atoms with van der Waals surface area (Å²) in [6.45, 7) is -0.204. The highest BCUT2D eigenvalue weighted by Gasteiger charge is 2.51. The summed E-state index contributed by atoms with van der Waals surface area (Å²) in [6, 6.07) is 2.36. The van der Waals surface area contributed by atoms with E-state index in [0.717, 1.165) is 74.8 Å². The molecular formula is C26H36F2N2O4. The summed E-state index contributed by atoms with van der Waals surface area (Å²) >= 11 is 0. The van der Waals surface area contributed by atoms with E-state index >= 15 is 0 Å². The summed E-state index contributed by atoms with van der Waals surface area (Å²) in [7, 11) is 1.44. The number of nitrogens with one attached hydrogen (secondary N) is 2. The second-order valence-electron chi connectivity index (χ2n) is 11.0. The lowest BCUT2D eigenvalue weighted by Gasteiger charge is -2.56. The average Bonchev–Trinajstić information content (AvgIpc) is 2.77. The van der Waals surface area contributed by atoms with E-state index in [1.165, 1.54) is 26.4 Å². The van der Waals surface area contributed by atoms with Crippen molar-refractivity contribution >= 4 is 6.03 Å². The zero-order chi connectivity index (χ0) is 23.7. The molecule has 5 aliphatic carbocycles. The first-order valence-corrected chi connectivity index (χ1v) is 12.7. The first-order valence-electron chi connectivity index (χ1n) is 12.7. The van der Waals surface area contributed by atoms with Crippen LogP contribution in [0, 0.1) is 29.4 Å². The normalized spacial score (nSPS) is 34.1. The second-order valence-corrected chi connectivity index (χ2v) is 11.0. The maximum Gasteiger partial charge on any atom is 0.315 e. The van der Waals surface area contributed by atoms with E-state index in [9.17, 15) is 13.6 Å². The van der Waals surface area contributed by atoms with E-state index in [1.807, 2.05) is 0 Å². The third-order valence-electron chi connectivity index (χ3n) is 8.35. The van der Waals surface area contributed by atoms with Gasteiger partial charge < -0.3 is 24.8 Å². The minimum Gasteiger partial charge on any atom is -0.467 e. The quantitative estimate of drug-likeness (QED) is 0.514. The number of halogens is 2. The van der Waals surface area contributed by atoms with Crippen LogP contribution in [0.25, 0.3) is 0 Å². The fourth-order valence-corrected chi connectivity index (χ4v) is 7.23. The maximum absolute atomic E-state index is 14.3. The number of methoxy groups -OCH3 is 1. The van der Waals surface area contributed by atoms with Crippen LogP contribution in [-0.4, -0.2) is 37.6 Å². The lowest BCUT2D eigenvalue weighted by atomic mass is 9.53. The van der Waals surface area contributed by atoms with E-state index in [-0.39, 0.29) is 48.4 Å². The van der Waals surface area contributed by atoms with Crippen LogP contribution in [0.4, 0.5) is 13.6 Å². The van der Waals surface area contributed by atoms with Crippen molar-refractivity contribution in [2.75, 3.05) is 13.9 Å². The van der Waals surface area contributed by atoms with Gasteiger partial charge in [0.2, 0.25) is 0 Å². The second kappa shape index (κ2) is 9.97. The number of carbonyl (C=O) groups is 1. The largest absolute Gasteiger partial charge is 0.467 e. The van der Waals surface area contributed by atoms with Crippen molar-refractivity contribution in [3.63, 3.8) is 0 Å². The number of amides is 2. The predicted molar refractivity (Wildman–Crippen MR) is 122 cm³/mol. The number of urea groups is 1. The number of carbonyl (C=O) groups excluding carboxylic acids is 1. The van der Waals surface area contributed by atoms with E-state index in [4.69, 9.17) is 14.2 Å². The van der Waals surface area contributed by atoms with Gasteiger partial charge in [-0.25, -0.2) is 13.6 Å². The average molecular weight is 479 g/mol. The monoisotopic (exact) mass is 478 g/mol. The molecule has 6 rings (SSSR count). The molecule has 2 amide bonds. The molecule has 34 heavy (non-hydrogen) atoms. The van der Waals surface area contributed by atoms with Crippen LogP contribution < -0.4 is 15.4 Å². The Labute approximate surface area is 200 Å². The summed E-state index contributed by atoms with van der Waals surface area (Å²) in [4.78, 5) is 12.8. The number of ether oxygens (including phenoxy) is 3. The van der Waals surface area contributed by atoms with Gasteiger partial charge in [-0.3, -0.25) is 0 Å². The Morgan fingerprint density at radius 3 is 2.15 bits per heavy atom. The van der Waals surface area contributed by atoms with Gasteiger partial charge >= 0.3 is 6.03 Å². The van der Waals surface area contributed by atoms with Gasteiger partial charge in [-0.05, 0) is 82.0 Å². The smallest absolute Gasteiger partial charge is 0.315 e. The predicted octanol–water partition coefficient (Wildman–Crippen LogP) is 5.04. The van der Waals surface area contributed by atoms with Gasteiger partial charge in [-0.2, -0.15) is 0 Å². The summed E-state index contributed by atoms with van der Waals surface area (Å²) in [5, 5.41) is 6.56. The van der Waals surface area contributed by atoms with Crippen molar-refractivity contribution in [2.45, 2.75) is 88.5 Å². The Morgan fingerprint density at radius 2 is 1.59 bits per heavy atom. The molecule has 6 nitrogen and oxygen atoms in total. The van der Waals surface area contributed by atoms with Crippen LogP contribution in [0.1, 0.15) is 69.8 Å². The maximum atomic E-state index is 14.3. The Balaban J connectivity index is 1.06. The van der Waals surface area contributed by atoms with E-state index < -0.39 is 11.6 Å². The van der Waals surface area contributed by atoms with Crippen molar-refractivity contribution < 1.29 is 27.8 Å². The molecule has 1 aromatic rings. The number of benzene rings is 1. The van der Waals surface area contributed by atoms with E-state index in [0.29, 0.717) is 0 Å². The summed E-state index contributed by atoms with van der Waals surface area (Å²) < 4.78 is 44.3. The first kappa shape index (κ1) is 23.8. The summed E-state index contributed by atoms with van der Waals surface area (Å²) in [5.41, 5.74) is -0.0859. The molecule has 5 saturated carbocycles. The van der Waals surface area contributed by atoms with Crippen LogP contribution in [0.5, 0.6) is 5.75 Å². The van der Waals surface area contributed by atoms with Crippen molar-refractivity contribution in [3.05, 3.63) is 29.3 Å². The summed E-state index contributed by atoms with van der Waals surface area (Å²) in [5.74, 6) is 1.08. The molecule has 2 N–H and O–H groups in total. The molecule has 4 bridgehead atoms. The van der Waals surface area contributed by atoms with Gasteiger partial charge in [0.05, 0.1) is 12.7 Å². The fourth-order valence-electron chi connectivity index (χ4n) is 7.23. The molecule has 0 aliphatic heterocycles. The third-order valence-corrected chi connectivity index (χ3v) is 8.35. The summed E-state index contributed by atoms with van der Waals surface area (Å²) in [6.07, 6.45) is 10.5. The van der Waals surface area contributed by atoms with Crippen molar-refractivity contribution in [2.24, 2.45) is 17.8 Å². The van der Waals surface area contributed by atoms with Gasteiger partial charge in [0.25, 0.3) is 0 Å². The number of hydrogen-bond donors (Lipinski definition) is 2. The highest BCUT2D eigenvalue weighted by molar-refractivity contribution is 5.75. The molecule has 0 atom stereocenters. The molecule has 0 aromatic heterocycles. The number of hydrogen-bond acceptors (Lipinski definition) is 4. The Kier molecular flexibility index (Phi) is 6.98. The van der Waals surface area contributed by atoms with Crippen molar-refractivity contribution in [1.82, 2.24) is 10.6 Å². The van der Waals surface area contributed by atoms with E-state index in [1.54, 1.807) is 0 Å². The van der Waals surface area contributed by atoms with Crippen LogP contribution in [-0.2, 0) is 16.1 Å². The lowest BCUT2D eigenvalue weighted by Crippen LogP contribution is -2.62. The van der Waals surface area contributed by atoms with Crippen LogP contribution in [0.3, 0.4) is 0 Å². The van der Waals surface area contributed by atoms with Gasteiger partial charge in [-0.15, -0.1) is 0 Å². The van der Waals surface area contributed by atoms with Gasteiger partial charge in [-0.1, -0.05) is 0 Å². The topological polar surface area (TPSA) is 68.8 Å². The van der Waals surface area contributed by atoms with Crippen LogP contribution in [0.2, 0.25) is 0 Å². The molecule has 0 unspecified atom stereocenters. The molecule has 0 heterocycles. The van der Waals surface area contributed by atoms with Gasteiger partial charge in [0, 0.05) is 36.4 Å². The molecule has 188 valence electrons. The standard InChI is InChI=1S/C26H36F2N2O4/c1-32-15-34-21-9-23(27)22(24(28)10-21)14-33-20-4-2-19(3-5-20)29-25(31)30-26-11-16-6-17(12-26)8-18(7-16)13-26/h9-10,16-20H,2-8,11-15H2,1H3,(H2,29,30,31)/t16?,17?,18?,19-,20+,26?. The van der Waals surface area contributed by atoms with Crippen LogP contribution >= 0.6 is 0 Å². The zero-order valence-electron chi connectivity index (χ0n) is 19.9. The molecule has 8 heteroatoms. The number of rotatable bonds is 8. The minimum atomic E-state index is -0.692. The lowest BCUT2D eigenvalue weighted by molar-refractivity contribution is -0.0142. The zero-order valence-corrected chi connectivity index (χ0v) is 19.9. The molecule has 0 spiro atoms. The molecular weight excluding hydrogens is 442 g/mol. The Bertz CT molecular complexity index is 829. The molecule has 0 radical (unpaired) electrons. The highest BCUT2D eigenvalue weighted by atomic mass is 19.1. The van der Waals surface area contributed by atoms with Gasteiger partial charge in [0.15, 0.2) is 6.79 Å². The SMILES string of the molecule is COCOc1cc(F)c(CO[C@H]2CC[C@@H](NC(=O)NC34CC5CC(CC(C5)C3)C4)CC2)c(F)c1. The Morgan fingerprint density at radius 1 is 1.00 bits per heavy atom. The molecule has 5 fully saturated rings. The molecule has 5 aliphatic rings. The third kappa shape index (κ3) is 5.33. The highest BCUT2D eigenvalue weighted by Crippen LogP contribution is 2.55. The molecule has 0 saturated heterocycles.